The number of oxime groups is 1. The zero-order valence-electron chi connectivity index (χ0n) is 8.96. The molecule has 0 saturated heterocycles. The SMILES string of the molecule is CO/N=C(\C(=O)O)c1csc(NC(=O)OC)n1. The van der Waals surface area contributed by atoms with Gasteiger partial charge in [-0.2, -0.15) is 0 Å². The number of aromatic nitrogens is 1. The number of aliphatic carboxylic acids is 1. The van der Waals surface area contributed by atoms with Gasteiger partial charge in [0.1, 0.15) is 12.8 Å². The summed E-state index contributed by atoms with van der Waals surface area (Å²) in [5, 5.41) is 16.1. The van der Waals surface area contributed by atoms with Crippen LogP contribution in [0.5, 0.6) is 0 Å². The number of carboxylic acids is 1. The standard InChI is InChI=1S/C8H9N3O5S/c1-15-8(14)10-7-9-4(3-17-7)5(6(12)13)11-16-2/h3H,1-2H3,(H,12,13)(H,9,10,14)/b11-5-. The average Bonchev–Trinajstić information content (AvgIpc) is 2.73. The van der Waals surface area contributed by atoms with Crippen molar-refractivity contribution in [2.45, 2.75) is 0 Å². The van der Waals surface area contributed by atoms with E-state index in [0.29, 0.717) is 0 Å². The van der Waals surface area contributed by atoms with Crippen molar-refractivity contribution in [3.8, 4) is 0 Å². The Kier molecular flexibility index (Phi) is 4.40. The van der Waals surface area contributed by atoms with Crippen LogP contribution in [0.15, 0.2) is 10.5 Å². The summed E-state index contributed by atoms with van der Waals surface area (Å²) < 4.78 is 4.36. The van der Waals surface area contributed by atoms with Crippen LogP contribution >= 0.6 is 11.3 Å². The van der Waals surface area contributed by atoms with Crippen LogP contribution in [-0.4, -0.2) is 42.1 Å². The first-order valence-corrected chi connectivity index (χ1v) is 5.11. The first-order valence-electron chi connectivity index (χ1n) is 4.23. The molecule has 0 aliphatic heterocycles. The summed E-state index contributed by atoms with van der Waals surface area (Å²) in [5.74, 6) is -1.28. The van der Waals surface area contributed by atoms with Crippen molar-refractivity contribution in [1.29, 1.82) is 0 Å². The predicted octanol–water partition coefficient (Wildman–Crippen LogP) is 0.757. The van der Waals surface area contributed by atoms with Crippen LogP contribution in [0.4, 0.5) is 9.93 Å². The lowest BCUT2D eigenvalue weighted by Gasteiger charge is -1.98. The van der Waals surface area contributed by atoms with Gasteiger partial charge in [-0.1, -0.05) is 5.16 Å². The van der Waals surface area contributed by atoms with Gasteiger partial charge in [0.2, 0.25) is 5.71 Å². The van der Waals surface area contributed by atoms with E-state index in [1.54, 1.807) is 0 Å². The number of hydrogen-bond acceptors (Lipinski definition) is 7. The number of methoxy groups -OCH3 is 1. The Morgan fingerprint density at radius 3 is 2.76 bits per heavy atom. The largest absolute Gasteiger partial charge is 0.476 e. The highest BCUT2D eigenvalue weighted by Gasteiger charge is 2.18. The minimum Gasteiger partial charge on any atom is -0.476 e. The molecule has 1 heterocycles. The number of carboxylic acid groups (broad SMARTS) is 1. The fraction of sp³-hybridized carbons (Fsp3) is 0.250. The fourth-order valence-corrected chi connectivity index (χ4v) is 1.55. The van der Waals surface area contributed by atoms with Crippen LogP contribution in [0.2, 0.25) is 0 Å². The van der Waals surface area contributed by atoms with Gasteiger partial charge >= 0.3 is 12.1 Å². The van der Waals surface area contributed by atoms with Crippen LogP contribution in [0.3, 0.4) is 0 Å². The first kappa shape index (κ1) is 12.9. The van der Waals surface area contributed by atoms with Gasteiger partial charge in [0, 0.05) is 5.38 Å². The number of rotatable bonds is 4. The second kappa shape index (κ2) is 5.80. The Hall–Kier alpha value is -2.16. The number of thiazole rings is 1. The van der Waals surface area contributed by atoms with Gasteiger partial charge in [-0.25, -0.2) is 14.6 Å². The van der Waals surface area contributed by atoms with E-state index in [4.69, 9.17) is 5.11 Å². The molecule has 0 unspecified atom stereocenters. The maximum atomic E-state index is 10.9. The van der Waals surface area contributed by atoms with Gasteiger partial charge in [0.25, 0.3) is 0 Å². The molecule has 2 N–H and O–H groups in total. The van der Waals surface area contributed by atoms with Gasteiger partial charge in [-0.15, -0.1) is 11.3 Å². The van der Waals surface area contributed by atoms with Crippen LogP contribution in [0.25, 0.3) is 0 Å². The molecular weight excluding hydrogens is 250 g/mol. The van der Waals surface area contributed by atoms with Crippen LogP contribution in [0, 0.1) is 0 Å². The molecule has 0 aromatic carbocycles. The van der Waals surface area contributed by atoms with Crippen molar-refractivity contribution in [2.24, 2.45) is 5.16 Å². The molecule has 0 saturated carbocycles. The van der Waals surface area contributed by atoms with Crippen molar-refractivity contribution in [3.63, 3.8) is 0 Å². The first-order chi connectivity index (χ1) is 8.08. The zero-order chi connectivity index (χ0) is 12.8. The van der Waals surface area contributed by atoms with Crippen molar-refractivity contribution in [3.05, 3.63) is 11.1 Å². The quantitative estimate of drug-likeness (QED) is 0.610. The summed E-state index contributed by atoms with van der Waals surface area (Å²) in [6.45, 7) is 0. The molecule has 1 rings (SSSR count). The third-order valence-corrected chi connectivity index (χ3v) is 2.28. The van der Waals surface area contributed by atoms with E-state index < -0.39 is 12.1 Å². The molecule has 17 heavy (non-hydrogen) atoms. The molecular formula is C8H9N3O5S. The van der Waals surface area contributed by atoms with E-state index in [0.717, 1.165) is 11.3 Å². The number of amides is 1. The zero-order valence-corrected chi connectivity index (χ0v) is 9.78. The van der Waals surface area contributed by atoms with Crippen LogP contribution in [-0.2, 0) is 14.4 Å². The highest BCUT2D eigenvalue weighted by molar-refractivity contribution is 7.14. The molecule has 0 spiro atoms. The maximum Gasteiger partial charge on any atom is 0.413 e. The van der Waals surface area contributed by atoms with E-state index >= 15 is 0 Å². The lowest BCUT2D eigenvalue weighted by atomic mass is 10.3. The fourth-order valence-electron chi connectivity index (χ4n) is 0.865. The molecule has 0 fully saturated rings. The van der Waals surface area contributed by atoms with Gasteiger partial charge in [0.15, 0.2) is 5.13 Å². The summed E-state index contributed by atoms with van der Waals surface area (Å²) in [6.07, 6.45) is -0.688. The minimum absolute atomic E-state index is 0.0933. The summed E-state index contributed by atoms with van der Waals surface area (Å²) in [7, 11) is 2.43. The van der Waals surface area contributed by atoms with E-state index in [2.05, 4.69) is 25.0 Å². The number of carbonyl (C=O) groups is 2. The molecule has 1 aromatic heterocycles. The Bertz CT molecular complexity index is 456. The Labute approximate surface area is 99.9 Å². The van der Waals surface area contributed by atoms with Crippen molar-refractivity contribution < 1.29 is 24.3 Å². The monoisotopic (exact) mass is 259 g/mol. The molecule has 0 radical (unpaired) electrons. The number of hydrogen-bond donors (Lipinski definition) is 2. The molecule has 1 aromatic rings. The number of nitrogens with one attached hydrogen (secondary N) is 1. The summed E-state index contributed by atoms with van der Waals surface area (Å²) in [5.41, 5.74) is -0.252. The highest BCUT2D eigenvalue weighted by Crippen LogP contribution is 2.16. The van der Waals surface area contributed by atoms with Gasteiger partial charge < -0.3 is 14.7 Å². The third-order valence-electron chi connectivity index (χ3n) is 1.53. The molecule has 0 aliphatic carbocycles. The summed E-state index contributed by atoms with van der Waals surface area (Å²) in [4.78, 5) is 29.9. The number of carbonyl (C=O) groups excluding carboxylic acids is 1. The second-order valence-corrected chi connectivity index (χ2v) is 3.44. The van der Waals surface area contributed by atoms with E-state index in [1.165, 1.54) is 19.6 Å². The Balaban J connectivity index is 2.89. The normalized spacial score (nSPS) is 10.8. The number of ether oxygens (including phenoxy) is 1. The molecule has 1 amide bonds. The summed E-state index contributed by atoms with van der Waals surface area (Å²) in [6, 6.07) is 0. The third kappa shape index (κ3) is 3.41. The van der Waals surface area contributed by atoms with Gasteiger partial charge in [0.05, 0.1) is 7.11 Å². The number of nitrogens with zero attached hydrogens (tertiary/aromatic N) is 2. The van der Waals surface area contributed by atoms with Gasteiger partial charge in [-0.3, -0.25) is 5.32 Å². The van der Waals surface area contributed by atoms with E-state index in [-0.39, 0.29) is 16.5 Å². The maximum absolute atomic E-state index is 10.9. The topological polar surface area (TPSA) is 110 Å². The molecule has 0 aliphatic rings. The molecule has 0 bridgehead atoms. The highest BCUT2D eigenvalue weighted by atomic mass is 32.1. The molecule has 8 nitrogen and oxygen atoms in total. The second-order valence-electron chi connectivity index (χ2n) is 2.58. The van der Waals surface area contributed by atoms with Crippen molar-refractivity contribution >= 4 is 34.2 Å². The van der Waals surface area contributed by atoms with Crippen LogP contribution in [0.1, 0.15) is 5.69 Å². The molecule has 0 atom stereocenters. The lowest BCUT2D eigenvalue weighted by molar-refractivity contribution is -0.129. The van der Waals surface area contributed by atoms with Gasteiger partial charge in [-0.05, 0) is 0 Å². The molecule has 92 valence electrons. The smallest absolute Gasteiger partial charge is 0.413 e. The minimum atomic E-state index is -1.28. The number of anilines is 1. The van der Waals surface area contributed by atoms with E-state index in [9.17, 15) is 9.59 Å². The van der Waals surface area contributed by atoms with E-state index in [1.807, 2.05) is 0 Å². The van der Waals surface area contributed by atoms with Crippen molar-refractivity contribution in [1.82, 2.24) is 4.98 Å². The average molecular weight is 259 g/mol. The summed E-state index contributed by atoms with van der Waals surface area (Å²) >= 11 is 1.04. The van der Waals surface area contributed by atoms with Crippen molar-refractivity contribution in [2.75, 3.05) is 19.5 Å². The molecule has 9 heteroatoms. The Morgan fingerprint density at radius 2 is 2.24 bits per heavy atom. The van der Waals surface area contributed by atoms with Crippen LogP contribution < -0.4 is 5.32 Å². The lowest BCUT2D eigenvalue weighted by Crippen LogP contribution is -2.16. The predicted molar refractivity (Wildman–Crippen MR) is 59.3 cm³/mol. The Morgan fingerprint density at radius 1 is 1.53 bits per heavy atom.